The Labute approximate surface area is 148 Å². The molecule has 1 saturated heterocycles. The van der Waals surface area contributed by atoms with Crippen molar-refractivity contribution in [3.8, 4) is 11.8 Å². The molecule has 0 saturated carbocycles. The fraction of sp³-hybridized carbons (Fsp3) is 0.444. The third-order valence-corrected chi connectivity index (χ3v) is 4.69. The van der Waals surface area contributed by atoms with Gasteiger partial charge in [0.2, 0.25) is 0 Å². The highest BCUT2D eigenvalue weighted by Gasteiger charge is 2.41. The lowest BCUT2D eigenvalue weighted by Gasteiger charge is -2.33. The van der Waals surface area contributed by atoms with Gasteiger partial charge in [0.1, 0.15) is 0 Å². The van der Waals surface area contributed by atoms with Crippen LogP contribution in [0.25, 0.3) is 5.69 Å². The number of imidazole rings is 1. The lowest BCUT2D eigenvalue weighted by atomic mass is 9.98. The number of rotatable bonds is 3. The molecule has 0 N–H and O–H groups in total. The first kappa shape index (κ1) is 18.3. The topological polar surface area (TPSA) is 54.0 Å². The van der Waals surface area contributed by atoms with Crippen LogP contribution in [0.5, 0.6) is 0 Å². The molecule has 1 fully saturated rings. The summed E-state index contributed by atoms with van der Waals surface area (Å²) < 4.78 is 41.8. The zero-order chi connectivity index (χ0) is 18.9. The summed E-state index contributed by atoms with van der Waals surface area (Å²) in [5.41, 5.74) is 1.34. The highest BCUT2D eigenvalue weighted by Crippen LogP contribution is 2.33. The quantitative estimate of drug-likeness (QED) is 0.841. The van der Waals surface area contributed by atoms with Crippen LogP contribution in [0.15, 0.2) is 35.3 Å². The number of halogens is 3. The molecule has 0 amide bonds. The van der Waals surface area contributed by atoms with E-state index in [1.54, 1.807) is 42.3 Å². The van der Waals surface area contributed by atoms with Crippen molar-refractivity contribution >= 4 is 0 Å². The lowest BCUT2D eigenvalue weighted by Crippen LogP contribution is -2.43. The molecule has 26 heavy (non-hydrogen) atoms. The Morgan fingerprint density at radius 2 is 2.12 bits per heavy atom. The van der Waals surface area contributed by atoms with E-state index in [9.17, 15) is 18.0 Å². The van der Waals surface area contributed by atoms with Crippen LogP contribution >= 0.6 is 0 Å². The summed E-state index contributed by atoms with van der Waals surface area (Å²) in [5, 5.41) is 9.02. The van der Waals surface area contributed by atoms with Crippen molar-refractivity contribution in [1.82, 2.24) is 14.0 Å². The van der Waals surface area contributed by atoms with Crippen molar-refractivity contribution in [3.05, 3.63) is 52.2 Å². The van der Waals surface area contributed by atoms with Crippen LogP contribution in [0.2, 0.25) is 0 Å². The van der Waals surface area contributed by atoms with E-state index < -0.39 is 12.1 Å². The maximum Gasteiger partial charge on any atom is 0.393 e. The van der Waals surface area contributed by atoms with Gasteiger partial charge in [-0.3, -0.25) is 14.0 Å². The highest BCUT2D eigenvalue weighted by molar-refractivity contribution is 5.42. The molecular formula is C18H19F3N4O. The summed E-state index contributed by atoms with van der Waals surface area (Å²) in [7, 11) is 0. The Morgan fingerprint density at radius 3 is 2.81 bits per heavy atom. The first-order valence-electron chi connectivity index (χ1n) is 8.38. The summed E-state index contributed by atoms with van der Waals surface area (Å²) >= 11 is 0. The minimum atomic E-state index is -4.21. The summed E-state index contributed by atoms with van der Waals surface area (Å²) in [4.78, 5) is 14.4. The molecule has 0 radical (unpaired) electrons. The zero-order valence-corrected chi connectivity index (χ0v) is 14.3. The van der Waals surface area contributed by atoms with Gasteiger partial charge in [-0.2, -0.15) is 18.4 Å². The van der Waals surface area contributed by atoms with E-state index in [1.807, 2.05) is 6.07 Å². The Balaban J connectivity index is 1.84. The largest absolute Gasteiger partial charge is 0.393 e. The molecule has 1 aromatic heterocycles. The van der Waals surface area contributed by atoms with E-state index in [2.05, 4.69) is 0 Å². The Bertz CT molecular complexity index is 891. The molecule has 2 heterocycles. The van der Waals surface area contributed by atoms with Crippen LogP contribution in [-0.2, 0) is 6.67 Å². The van der Waals surface area contributed by atoms with Gasteiger partial charge in [-0.1, -0.05) is 6.07 Å². The highest BCUT2D eigenvalue weighted by atomic mass is 19.4. The fourth-order valence-corrected chi connectivity index (χ4v) is 3.41. The van der Waals surface area contributed by atoms with Gasteiger partial charge in [0, 0.05) is 18.4 Å². The summed E-state index contributed by atoms with van der Waals surface area (Å²) in [5.74, 6) is -1.34. The molecule has 3 rings (SSSR count). The molecule has 5 nitrogen and oxygen atoms in total. The smallest absolute Gasteiger partial charge is 0.285 e. The van der Waals surface area contributed by atoms with Crippen molar-refractivity contribution in [2.45, 2.75) is 32.6 Å². The molecule has 1 unspecified atom stereocenters. The van der Waals surface area contributed by atoms with E-state index >= 15 is 0 Å². The van der Waals surface area contributed by atoms with Gasteiger partial charge in [-0.05, 0) is 44.5 Å². The van der Waals surface area contributed by atoms with Crippen molar-refractivity contribution < 1.29 is 13.2 Å². The summed E-state index contributed by atoms with van der Waals surface area (Å²) in [6.45, 7) is 2.32. The first-order chi connectivity index (χ1) is 12.3. The van der Waals surface area contributed by atoms with Gasteiger partial charge in [0.25, 0.3) is 0 Å². The van der Waals surface area contributed by atoms with E-state index in [1.165, 1.54) is 9.13 Å². The van der Waals surface area contributed by atoms with Crippen molar-refractivity contribution in [2.75, 3.05) is 13.1 Å². The second-order valence-electron chi connectivity index (χ2n) is 6.62. The van der Waals surface area contributed by atoms with Gasteiger partial charge in [-0.25, -0.2) is 4.79 Å². The van der Waals surface area contributed by atoms with Gasteiger partial charge in [-0.15, -0.1) is 0 Å². The van der Waals surface area contributed by atoms with Crippen LogP contribution in [0.1, 0.15) is 24.1 Å². The van der Waals surface area contributed by atoms with Crippen LogP contribution in [0.3, 0.4) is 0 Å². The lowest BCUT2D eigenvalue weighted by molar-refractivity contribution is -0.188. The number of aromatic nitrogens is 2. The van der Waals surface area contributed by atoms with Gasteiger partial charge < -0.3 is 0 Å². The number of alkyl halides is 3. The summed E-state index contributed by atoms with van der Waals surface area (Å²) in [6, 6.07) is 8.70. The van der Waals surface area contributed by atoms with Crippen LogP contribution in [-0.4, -0.2) is 33.3 Å². The second kappa shape index (κ2) is 7.00. The van der Waals surface area contributed by atoms with Gasteiger partial charge in [0.15, 0.2) is 0 Å². The third-order valence-electron chi connectivity index (χ3n) is 4.69. The number of nitriles is 1. The molecule has 1 aromatic carbocycles. The minimum absolute atomic E-state index is 0.0932. The minimum Gasteiger partial charge on any atom is -0.285 e. The van der Waals surface area contributed by atoms with E-state index in [0.29, 0.717) is 29.9 Å². The normalized spacial score (nSPS) is 18.7. The van der Waals surface area contributed by atoms with E-state index in [0.717, 1.165) is 0 Å². The molecule has 1 atom stereocenters. The Kier molecular flexibility index (Phi) is 4.92. The Hall–Kier alpha value is -2.53. The van der Waals surface area contributed by atoms with E-state index in [4.69, 9.17) is 5.26 Å². The predicted molar refractivity (Wildman–Crippen MR) is 89.8 cm³/mol. The number of nitrogens with zero attached hydrogens (tertiary/aromatic N) is 4. The molecule has 8 heteroatoms. The zero-order valence-electron chi connectivity index (χ0n) is 14.3. The number of benzene rings is 1. The number of likely N-dealkylation sites (tertiary alicyclic amines) is 1. The number of aryl methyl sites for hydroxylation is 1. The summed E-state index contributed by atoms with van der Waals surface area (Å²) in [6.07, 6.45) is -1.97. The van der Waals surface area contributed by atoms with E-state index in [-0.39, 0.29) is 25.3 Å². The van der Waals surface area contributed by atoms with Crippen LogP contribution in [0.4, 0.5) is 13.2 Å². The van der Waals surface area contributed by atoms with Gasteiger partial charge >= 0.3 is 11.9 Å². The average Bonchev–Trinajstić information content (AvgIpc) is 2.88. The molecular weight excluding hydrogens is 345 g/mol. The van der Waals surface area contributed by atoms with Crippen molar-refractivity contribution in [1.29, 1.82) is 5.26 Å². The molecule has 0 aliphatic carbocycles. The average molecular weight is 364 g/mol. The molecule has 0 bridgehead atoms. The molecule has 1 aliphatic rings. The predicted octanol–water partition coefficient (Wildman–Crippen LogP) is 3.05. The molecule has 138 valence electrons. The van der Waals surface area contributed by atoms with Crippen LogP contribution < -0.4 is 5.69 Å². The third kappa shape index (κ3) is 3.68. The Morgan fingerprint density at radius 1 is 1.35 bits per heavy atom. The van der Waals surface area contributed by atoms with Crippen molar-refractivity contribution in [3.63, 3.8) is 0 Å². The van der Waals surface area contributed by atoms with Gasteiger partial charge in [0.05, 0.1) is 29.9 Å². The standard InChI is InChI=1S/C18H19F3N4O/c1-13-10-24(12-23-7-3-5-15(11-23)18(19,20)21)17(26)25(13)16-6-2-4-14(8-16)9-22/h2,4,6,8,10,15H,3,5,7,11-12H2,1H3. The maximum absolute atomic E-state index is 13.0. The molecule has 1 aliphatic heterocycles. The van der Waals surface area contributed by atoms with Crippen LogP contribution in [0, 0.1) is 24.2 Å². The monoisotopic (exact) mass is 364 g/mol. The fourth-order valence-electron chi connectivity index (χ4n) is 3.41. The number of hydrogen-bond acceptors (Lipinski definition) is 3. The first-order valence-corrected chi connectivity index (χ1v) is 8.38. The SMILES string of the molecule is Cc1cn(CN2CCCC(C(F)(F)F)C2)c(=O)n1-c1cccc(C#N)c1. The maximum atomic E-state index is 13.0. The number of hydrogen-bond donors (Lipinski definition) is 0. The molecule has 0 spiro atoms. The number of piperidine rings is 1. The second-order valence-corrected chi connectivity index (χ2v) is 6.62. The van der Waals surface area contributed by atoms with Crippen molar-refractivity contribution in [2.24, 2.45) is 5.92 Å². The molecule has 2 aromatic rings.